The van der Waals surface area contributed by atoms with Gasteiger partial charge in [-0.05, 0) is 46.2 Å². The molecular weight excluding hydrogens is 262 g/mol. The molecule has 0 amide bonds. The fraction of sp³-hybridized carbons (Fsp3) is 0.625. The predicted molar refractivity (Wildman–Crippen MR) is 82.9 cm³/mol. The maximum absolute atomic E-state index is 4.73. The molecule has 0 bridgehead atoms. The fourth-order valence-electron chi connectivity index (χ4n) is 3.39. The van der Waals surface area contributed by atoms with Gasteiger partial charge in [0.1, 0.15) is 5.82 Å². The van der Waals surface area contributed by atoms with Crippen molar-refractivity contribution < 1.29 is 0 Å². The summed E-state index contributed by atoms with van der Waals surface area (Å²) >= 11 is 0. The molecule has 0 aliphatic carbocycles. The molecule has 5 nitrogen and oxygen atoms in total. The minimum absolute atomic E-state index is 0.409. The second-order valence-corrected chi connectivity index (χ2v) is 6.34. The summed E-state index contributed by atoms with van der Waals surface area (Å²) in [7, 11) is 2.10. The third-order valence-corrected chi connectivity index (χ3v) is 4.30. The van der Waals surface area contributed by atoms with Gasteiger partial charge in [0.05, 0.1) is 17.4 Å². The molecule has 3 heterocycles. The van der Waals surface area contributed by atoms with Crippen molar-refractivity contribution in [2.75, 3.05) is 6.54 Å². The van der Waals surface area contributed by atoms with Gasteiger partial charge in [0.25, 0.3) is 0 Å². The lowest BCUT2D eigenvalue weighted by Gasteiger charge is -2.25. The molecule has 0 aromatic carbocycles. The number of aromatic nitrogens is 4. The molecule has 0 radical (unpaired) electrons. The highest BCUT2D eigenvalue weighted by atomic mass is 15.3. The molecule has 1 saturated heterocycles. The van der Waals surface area contributed by atoms with Crippen LogP contribution in [0.1, 0.15) is 56.0 Å². The van der Waals surface area contributed by atoms with Crippen LogP contribution in [-0.4, -0.2) is 30.8 Å². The van der Waals surface area contributed by atoms with E-state index in [4.69, 9.17) is 4.98 Å². The number of aryl methyl sites for hydroxylation is 2. The summed E-state index contributed by atoms with van der Waals surface area (Å²) in [5.74, 6) is 1.20. The van der Waals surface area contributed by atoms with Gasteiger partial charge < -0.3 is 4.57 Å². The third-order valence-electron chi connectivity index (χ3n) is 4.30. The van der Waals surface area contributed by atoms with Crippen LogP contribution in [0, 0.1) is 6.92 Å². The monoisotopic (exact) mass is 287 g/mol. The van der Waals surface area contributed by atoms with Gasteiger partial charge in [0.15, 0.2) is 0 Å². The first-order valence-electron chi connectivity index (χ1n) is 7.82. The third kappa shape index (κ3) is 2.75. The molecule has 2 aromatic rings. The van der Waals surface area contributed by atoms with E-state index in [1.54, 1.807) is 0 Å². The predicted octanol–water partition coefficient (Wildman–Crippen LogP) is 2.84. The molecular formula is C16H25N5. The molecule has 0 unspecified atom stereocenters. The zero-order valence-corrected chi connectivity index (χ0v) is 13.5. The second-order valence-electron chi connectivity index (χ2n) is 6.34. The van der Waals surface area contributed by atoms with Crippen molar-refractivity contribution >= 4 is 0 Å². The van der Waals surface area contributed by atoms with Gasteiger partial charge in [0.2, 0.25) is 0 Å². The summed E-state index contributed by atoms with van der Waals surface area (Å²) in [6, 6.07) is 2.98. The number of hydrogen-bond acceptors (Lipinski definition) is 3. The Morgan fingerprint density at radius 3 is 2.86 bits per heavy atom. The first-order chi connectivity index (χ1) is 10.1. The van der Waals surface area contributed by atoms with Crippen LogP contribution in [0.4, 0.5) is 0 Å². The van der Waals surface area contributed by atoms with Crippen molar-refractivity contribution in [3.8, 4) is 0 Å². The van der Waals surface area contributed by atoms with Crippen LogP contribution in [0.25, 0.3) is 0 Å². The topological polar surface area (TPSA) is 38.9 Å². The van der Waals surface area contributed by atoms with Gasteiger partial charge in [0, 0.05) is 32.0 Å². The highest BCUT2D eigenvalue weighted by Crippen LogP contribution is 2.32. The molecule has 1 aliphatic heterocycles. The zero-order chi connectivity index (χ0) is 15.0. The van der Waals surface area contributed by atoms with Gasteiger partial charge in [-0.1, -0.05) is 0 Å². The summed E-state index contributed by atoms with van der Waals surface area (Å²) in [4.78, 5) is 7.27. The molecule has 114 valence electrons. The summed E-state index contributed by atoms with van der Waals surface area (Å²) in [5.41, 5.74) is 2.40. The van der Waals surface area contributed by atoms with Crippen molar-refractivity contribution in [1.29, 1.82) is 0 Å². The Bertz CT molecular complexity index is 610. The molecule has 5 heteroatoms. The summed E-state index contributed by atoms with van der Waals surface area (Å²) < 4.78 is 4.30. The Morgan fingerprint density at radius 1 is 1.38 bits per heavy atom. The fourth-order valence-corrected chi connectivity index (χ4v) is 3.39. The summed E-state index contributed by atoms with van der Waals surface area (Å²) in [6.07, 6.45) is 6.46. The second kappa shape index (κ2) is 5.64. The van der Waals surface area contributed by atoms with E-state index >= 15 is 0 Å². The SMILES string of the molecule is Cc1cn(C)c([C@@H]2CCCN2Cc2ccnn2C(C)C)n1. The van der Waals surface area contributed by atoms with E-state index in [2.05, 4.69) is 59.3 Å². The van der Waals surface area contributed by atoms with Crippen molar-refractivity contribution in [2.45, 2.75) is 52.2 Å². The van der Waals surface area contributed by atoms with Crippen LogP contribution in [0.3, 0.4) is 0 Å². The lowest BCUT2D eigenvalue weighted by atomic mass is 10.2. The highest BCUT2D eigenvalue weighted by Gasteiger charge is 2.29. The Balaban J connectivity index is 1.81. The minimum atomic E-state index is 0.409. The largest absolute Gasteiger partial charge is 0.336 e. The number of likely N-dealkylation sites (tertiary alicyclic amines) is 1. The van der Waals surface area contributed by atoms with Crippen molar-refractivity contribution in [3.05, 3.63) is 35.7 Å². The summed E-state index contributed by atoms with van der Waals surface area (Å²) in [6.45, 7) is 8.52. The van der Waals surface area contributed by atoms with Crippen LogP contribution in [-0.2, 0) is 13.6 Å². The van der Waals surface area contributed by atoms with Gasteiger partial charge in [-0.3, -0.25) is 9.58 Å². The maximum Gasteiger partial charge on any atom is 0.126 e. The van der Waals surface area contributed by atoms with E-state index in [1.807, 2.05) is 6.20 Å². The molecule has 21 heavy (non-hydrogen) atoms. The Kier molecular flexibility index (Phi) is 3.85. The molecule has 3 rings (SSSR count). The van der Waals surface area contributed by atoms with Crippen molar-refractivity contribution in [1.82, 2.24) is 24.2 Å². The van der Waals surface area contributed by atoms with E-state index in [0.717, 1.165) is 18.8 Å². The molecule has 0 N–H and O–H groups in total. The number of nitrogens with zero attached hydrogens (tertiary/aromatic N) is 5. The number of rotatable bonds is 4. The quantitative estimate of drug-likeness (QED) is 0.868. The molecule has 0 saturated carbocycles. The van der Waals surface area contributed by atoms with E-state index in [-0.39, 0.29) is 0 Å². The van der Waals surface area contributed by atoms with Gasteiger partial charge in [-0.2, -0.15) is 5.10 Å². The van der Waals surface area contributed by atoms with E-state index < -0.39 is 0 Å². The Labute approximate surface area is 126 Å². The normalized spacial score (nSPS) is 19.8. The first-order valence-corrected chi connectivity index (χ1v) is 7.82. The molecule has 1 atom stereocenters. The highest BCUT2D eigenvalue weighted by molar-refractivity contribution is 5.09. The van der Waals surface area contributed by atoms with Gasteiger partial charge in [-0.25, -0.2) is 4.98 Å². The lowest BCUT2D eigenvalue weighted by Crippen LogP contribution is -2.26. The average molecular weight is 287 g/mol. The van der Waals surface area contributed by atoms with Crippen LogP contribution in [0.5, 0.6) is 0 Å². The Hall–Kier alpha value is -1.62. The van der Waals surface area contributed by atoms with Gasteiger partial charge in [-0.15, -0.1) is 0 Å². The minimum Gasteiger partial charge on any atom is -0.336 e. The lowest BCUT2D eigenvalue weighted by molar-refractivity contribution is 0.227. The first kappa shape index (κ1) is 14.3. The molecule has 2 aromatic heterocycles. The molecule has 0 spiro atoms. The zero-order valence-electron chi connectivity index (χ0n) is 13.5. The van der Waals surface area contributed by atoms with Crippen molar-refractivity contribution in [2.24, 2.45) is 7.05 Å². The van der Waals surface area contributed by atoms with E-state index in [1.165, 1.54) is 24.4 Å². The van der Waals surface area contributed by atoms with Crippen LogP contribution >= 0.6 is 0 Å². The number of imidazole rings is 1. The van der Waals surface area contributed by atoms with Crippen LogP contribution in [0.2, 0.25) is 0 Å². The van der Waals surface area contributed by atoms with Gasteiger partial charge >= 0.3 is 0 Å². The van der Waals surface area contributed by atoms with Crippen LogP contribution < -0.4 is 0 Å². The molecule has 1 fully saturated rings. The van der Waals surface area contributed by atoms with E-state index in [0.29, 0.717) is 12.1 Å². The average Bonchev–Trinajstić information content (AvgIpc) is 3.10. The number of hydrogen-bond donors (Lipinski definition) is 0. The summed E-state index contributed by atoms with van der Waals surface area (Å²) in [5, 5.41) is 4.45. The maximum atomic E-state index is 4.73. The Morgan fingerprint density at radius 2 is 2.19 bits per heavy atom. The van der Waals surface area contributed by atoms with E-state index in [9.17, 15) is 0 Å². The van der Waals surface area contributed by atoms with Crippen LogP contribution in [0.15, 0.2) is 18.5 Å². The smallest absolute Gasteiger partial charge is 0.126 e. The molecule has 1 aliphatic rings. The standard InChI is InChI=1S/C16H25N5/c1-12(2)21-14(7-8-17-21)11-20-9-5-6-15(20)16-18-13(3)10-19(16)4/h7-8,10,12,15H,5-6,9,11H2,1-4H3/t15-/m0/s1. The van der Waals surface area contributed by atoms with Crippen molar-refractivity contribution in [3.63, 3.8) is 0 Å².